The molecule has 0 aliphatic carbocycles. The van der Waals surface area contributed by atoms with Crippen LogP contribution in [0.5, 0.6) is 0 Å². The third-order valence-electron chi connectivity index (χ3n) is 4.86. The summed E-state index contributed by atoms with van der Waals surface area (Å²) < 4.78 is 27.3. The maximum absolute atomic E-state index is 12.9. The Morgan fingerprint density at radius 1 is 1.29 bits per heavy atom. The predicted octanol–water partition coefficient (Wildman–Crippen LogP) is 2.26. The normalized spacial score (nSPS) is 17.3. The number of nitrogens with zero attached hydrogens (tertiary/aromatic N) is 1. The van der Waals surface area contributed by atoms with Crippen LogP contribution < -0.4 is 5.32 Å². The molecule has 0 spiro atoms. The van der Waals surface area contributed by atoms with Crippen molar-refractivity contribution < 1.29 is 13.2 Å². The first kappa shape index (κ1) is 17.0. The highest BCUT2D eigenvalue weighted by Crippen LogP contribution is 2.28. The number of piperidine rings is 1. The zero-order valence-corrected chi connectivity index (χ0v) is 15.0. The Hall–Kier alpha value is -1.86. The van der Waals surface area contributed by atoms with E-state index < -0.39 is 10.0 Å². The van der Waals surface area contributed by atoms with Gasteiger partial charge in [-0.2, -0.15) is 4.31 Å². The monoisotopic (exact) mass is 349 g/mol. The molecule has 7 heteroatoms. The van der Waals surface area contributed by atoms with E-state index >= 15 is 0 Å². The summed E-state index contributed by atoms with van der Waals surface area (Å²) in [5, 5.41) is 3.35. The van der Waals surface area contributed by atoms with E-state index in [-0.39, 0.29) is 10.8 Å². The van der Waals surface area contributed by atoms with E-state index in [0.717, 1.165) is 29.3 Å². The Morgan fingerprint density at radius 2 is 1.96 bits per heavy atom. The molecule has 1 fully saturated rings. The van der Waals surface area contributed by atoms with Crippen molar-refractivity contribution in [2.24, 2.45) is 5.92 Å². The van der Waals surface area contributed by atoms with Gasteiger partial charge in [0.2, 0.25) is 10.0 Å². The Labute approximate surface area is 142 Å². The van der Waals surface area contributed by atoms with Crippen LogP contribution in [0.4, 0.5) is 0 Å². The van der Waals surface area contributed by atoms with Crippen LogP contribution in [0.15, 0.2) is 23.1 Å². The molecule has 0 saturated carbocycles. The third kappa shape index (κ3) is 2.82. The van der Waals surface area contributed by atoms with Gasteiger partial charge in [-0.1, -0.05) is 6.92 Å². The minimum Gasteiger partial charge on any atom is -0.354 e. The fourth-order valence-electron chi connectivity index (χ4n) is 3.19. The first-order valence-corrected chi connectivity index (χ1v) is 9.63. The number of nitrogens with one attached hydrogen (secondary N) is 2. The topological polar surface area (TPSA) is 82.3 Å². The number of benzene rings is 1. The first-order valence-electron chi connectivity index (χ1n) is 8.19. The summed E-state index contributed by atoms with van der Waals surface area (Å²) in [6.07, 6.45) is 1.79. The van der Waals surface area contributed by atoms with Crippen molar-refractivity contribution >= 4 is 26.8 Å². The van der Waals surface area contributed by atoms with Crippen molar-refractivity contribution in [3.63, 3.8) is 0 Å². The molecule has 1 aliphatic rings. The smallest absolute Gasteiger partial charge is 0.267 e. The van der Waals surface area contributed by atoms with E-state index in [1.54, 1.807) is 29.6 Å². The number of hydrogen-bond donors (Lipinski definition) is 2. The van der Waals surface area contributed by atoms with Crippen LogP contribution in [0.25, 0.3) is 10.9 Å². The fraction of sp³-hybridized carbons (Fsp3) is 0.471. The Bertz CT molecular complexity index is 878. The minimum atomic E-state index is -3.49. The molecule has 0 bridgehead atoms. The molecule has 1 saturated heterocycles. The molecule has 24 heavy (non-hydrogen) atoms. The Morgan fingerprint density at radius 3 is 2.58 bits per heavy atom. The highest BCUT2D eigenvalue weighted by Gasteiger charge is 2.28. The van der Waals surface area contributed by atoms with Gasteiger partial charge in [-0.3, -0.25) is 4.79 Å². The standard InChI is InChI=1S/C17H23N3O3S/c1-11-6-8-20(9-7-11)24(22,23)13-4-5-15-14(10-13)12(2)16(19-15)17(21)18-3/h4-5,10-11,19H,6-9H2,1-3H3,(H,18,21). The molecule has 0 atom stereocenters. The number of fused-ring (bicyclic) bond motifs is 1. The molecule has 2 N–H and O–H groups in total. The molecule has 1 aliphatic heterocycles. The number of aromatic nitrogens is 1. The fourth-order valence-corrected chi connectivity index (χ4v) is 4.69. The second-order valence-electron chi connectivity index (χ2n) is 6.50. The van der Waals surface area contributed by atoms with Crippen LogP contribution in [-0.2, 0) is 10.0 Å². The molecule has 1 aromatic carbocycles. The molecule has 1 aromatic heterocycles. The number of carbonyl (C=O) groups excluding carboxylic acids is 1. The maximum Gasteiger partial charge on any atom is 0.267 e. The number of amides is 1. The molecule has 0 unspecified atom stereocenters. The number of aryl methyl sites for hydroxylation is 1. The molecule has 0 radical (unpaired) electrons. The van der Waals surface area contributed by atoms with E-state index in [4.69, 9.17) is 0 Å². The summed E-state index contributed by atoms with van der Waals surface area (Å²) in [6.45, 7) is 5.11. The average Bonchev–Trinajstić information content (AvgIpc) is 2.91. The predicted molar refractivity (Wildman–Crippen MR) is 93.6 cm³/mol. The minimum absolute atomic E-state index is 0.210. The van der Waals surface area contributed by atoms with Gasteiger partial charge >= 0.3 is 0 Å². The molecule has 2 heterocycles. The van der Waals surface area contributed by atoms with Crippen LogP contribution in [-0.4, -0.2) is 43.8 Å². The van der Waals surface area contributed by atoms with Crippen LogP contribution in [0.3, 0.4) is 0 Å². The van der Waals surface area contributed by atoms with Crippen molar-refractivity contribution in [2.45, 2.75) is 31.6 Å². The zero-order valence-electron chi connectivity index (χ0n) is 14.2. The second-order valence-corrected chi connectivity index (χ2v) is 8.44. The largest absolute Gasteiger partial charge is 0.354 e. The van der Waals surface area contributed by atoms with Crippen molar-refractivity contribution in [2.75, 3.05) is 20.1 Å². The quantitative estimate of drug-likeness (QED) is 0.892. The number of sulfonamides is 1. The number of hydrogen-bond acceptors (Lipinski definition) is 3. The lowest BCUT2D eigenvalue weighted by atomic mass is 10.0. The van der Waals surface area contributed by atoms with Crippen LogP contribution in [0.1, 0.15) is 35.8 Å². The summed E-state index contributed by atoms with van der Waals surface area (Å²) in [7, 11) is -1.92. The van der Waals surface area contributed by atoms with Crippen molar-refractivity contribution in [1.29, 1.82) is 0 Å². The van der Waals surface area contributed by atoms with E-state index in [9.17, 15) is 13.2 Å². The van der Waals surface area contributed by atoms with Gasteiger partial charge < -0.3 is 10.3 Å². The van der Waals surface area contributed by atoms with Crippen molar-refractivity contribution in [3.05, 3.63) is 29.5 Å². The second kappa shape index (κ2) is 6.22. The van der Waals surface area contributed by atoms with Gasteiger partial charge in [0.25, 0.3) is 5.91 Å². The Balaban J connectivity index is 2.01. The summed E-state index contributed by atoms with van der Waals surface area (Å²) in [6, 6.07) is 5.01. The lowest BCUT2D eigenvalue weighted by Gasteiger charge is -2.29. The van der Waals surface area contributed by atoms with Crippen molar-refractivity contribution in [1.82, 2.24) is 14.6 Å². The lowest BCUT2D eigenvalue weighted by Crippen LogP contribution is -2.37. The van der Waals surface area contributed by atoms with Gasteiger partial charge in [-0.05, 0) is 49.4 Å². The first-order chi connectivity index (χ1) is 11.3. The van der Waals surface area contributed by atoms with Gasteiger partial charge in [-0.15, -0.1) is 0 Å². The number of aromatic amines is 1. The maximum atomic E-state index is 12.9. The van der Waals surface area contributed by atoms with Crippen molar-refractivity contribution in [3.8, 4) is 0 Å². The summed E-state index contributed by atoms with van der Waals surface area (Å²) in [4.78, 5) is 15.2. The third-order valence-corrected chi connectivity index (χ3v) is 6.76. The molecule has 3 rings (SSSR count). The van der Waals surface area contributed by atoms with Gasteiger partial charge in [-0.25, -0.2) is 8.42 Å². The van der Waals surface area contributed by atoms with Crippen LogP contribution in [0.2, 0.25) is 0 Å². The van der Waals surface area contributed by atoms with E-state index in [1.807, 2.05) is 6.92 Å². The molecule has 2 aromatic rings. The summed E-state index contributed by atoms with van der Waals surface area (Å²) in [5.41, 5.74) is 1.99. The summed E-state index contributed by atoms with van der Waals surface area (Å²) in [5.74, 6) is 0.360. The zero-order chi connectivity index (χ0) is 17.5. The lowest BCUT2D eigenvalue weighted by molar-refractivity contribution is 0.0958. The number of rotatable bonds is 3. The highest BCUT2D eigenvalue weighted by molar-refractivity contribution is 7.89. The SMILES string of the molecule is CNC(=O)c1[nH]c2ccc(S(=O)(=O)N3CCC(C)CC3)cc2c1C. The van der Waals surface area contributed by atoms with Crippen LogP contribution in [0, 0.1) is 12.8 Å². The number of carbonyl (C=O) groups is 1. The van der Waals surface area contributed by atoms with Gasteiger partial charge in [0.15, 0.2) is 0 Å². The van der Waals surface area contributed by atoms with Gasteiger partial charge in [0.05, 0.1) is 4.90 Å². The molecular weight excluding hydrogens is 326 g/mol. The number of H-pyrrole nitrogens is 1. The molecule has 130 valence electrons. The Kier molecular flexibility index (Phi) is 4.40. The molecule has 1 amide bonds. The van der Waals surface area contributed by atoms with E-state index in [1.165, 1.54) is 0 Å². The van der Waals surface area contributed by atoms with Crippen LogP contribution >= 0.6 is 0 Å². The highest BCUT2D eigenvalue weighted by atomic mass is 32.2. The summed E-state index contributed by atoms with van der Waals surface area (Å²) >= 11 is 0. The van der Waals surface area contributed by atoms with E-state index in [0.29, 0.717) is 24.7 Å². The average molecular weight is 349 g/mol. The molecular formula is C17H23N3O3S. The van der Waals surface area contributed by atoms with Gasteiger partial charge in [0.1, 0.15) is 5.69 Å². The van der Waals surface area contributed by atoms with Gasteiger partial charge in [0, 0.05) is 31.0 Å². The molecule has 6 nitrogen and oxygen atoms in total. The van der Waals surface area contributed by atoms with E-state index in [2.05, 4.69) is 17.2 Å².